The van der Waals surface area contributed by atoms with Crippen molar-refractivity contribution in [3.63, 3.8) is 0 Å². The van der Waals surface area contributed by atoms with Gasteiger partial charge in [-0.1, -0.05) is 72.4 Å². The van der Waals surface area contributed by atoms with Crippen molar-refractivity contribution >= 4 is 34.7 Å². The van der Waals surface area contributed by atoms with Gasteiger partial charge in [-0.25, -0.2) is 4.79 Å². The van der Waals surface area contributed by atoms with Crippen molar-refractivity contribution in [3.05, 3.63) is 71.8 Å². The van der Waals surface area contributed by atoms with Crippen molar-refractivity contribution in [2.24, 2.45) is 0 Å². The predicted octanol–water partition coefficient (Wildman–Crippen LogP) is 3.07. The van der Waals surface area contributed by atoms with Gasteiger partial charge in [-0.05, 0) is 36.8 Å². The molecule has 0 saturated carbocycles. The van der Waals surface area contributed by atoms with Gasteiger partial charge in [-0.3, -0.25) is 14.4 Å². The fraction of sp³-hybridized carbons (Fsp3) is 0.385. The molecule has 3 atom stereocenters. The van der Waals surface area contributed by atoms with Gasteiger partial charge >= 0.3 is 5.97 Å². The first kappa shape index (κ1) is 25.5. The largest absolute Gasteiger partial charge is 0.480 e. The molecule has 0 aliphatic carbocycles. The van der Waals surface area contributed by atoms with Crippen LogP contribution in [-0.2, 0) is 32.0 Å². The maximum absolute atomic E-state index is 13.4. The minimum absolute atomic E-state index is 0.182. The highest BCUT2D eigenvalue weighted by atomic mass is 32.2. The van der Waals surface area contributed by atoms with Crippen LogP contribution in [0.2, 0.25) is 0 Å². The average molecular weight is 483 g/mol. The molecule has 1 aliphatic rings. The minimum Gasteiger partial charge on any atom is -0.480 e. The van der Waals surface area contributed by atoms with Crippen molar-refractivity contribution in [1.82, 2.24) is 10.2 Å². The quantitative estimate of drug-likeness (QED) is 0.569. The van der Waals surface area contributed by atoms with E-state index in [1.807, 2.05) is 60.7 Å². The first-order valence-electron chi connectivity index (χ1n) is 11.4. The maximum atomic E-state index is 13.4. The number of amides is 2. The number of carboxylic acid groups (broad SMARTS) is 1. The molecule has 0 aromatic heterocycles. The van der Waals surface area contributed by atoms with Crippen LogP contribution >= 0.6 is 11.8 Å². The van der Waals surface area contributed by atoms with Crippen molar-refractivity contribution < 1.29 is 24.3 Å². The first-order chi connectivity index (χ1) is 16.3. The van der Waals surface area contributed by atoms with Gasteiger partial charge in [0.2, 0.25) is 11.8 Å². The Kier molecular flexibility index (Phi) is 9.27. The molecule has 0 spiro atoms. The maximum Gasteiger partial charge on any atom is 0.326 e. The Morgan fingerprint density at radius 1 is 1.00 bits per heavy atom. The molecule has 8 heteroatoms. The summed E-state index contributed by atoms with van der Waals surface area (Å²) < 4.78 is 0. The van der Waals surface area contributed by atoms with E-state index < -0.39 is 23.3 Å². The third-order valence-corrected chi connectivity index (χ3v) is 6.83. The normalized spacial score (nSPS) is 18.0. The lowest BCUT2D eigenvalue weighted by atomic mass is 10.0. The SMILES string of the molecule is CC(=O)SC(Cc1ccccc1)C(=O)NC1CCCCN(C(Cc2ccccc2)C(=O)O)C1=O. The number of carboxylic acids is 1. The summed E-state index contributed by atoms with van der Waals surface area (Å²) in [4.78, 5) is 51.8. The van der Waals surface area contributed by atoms with E-state index in [2.05, 4.69) is 5.32 Å². The number of benzene rings is 2. The lowest BCUT2D eigenvalue weighted by Gasteiger charge is -2.31. The van der Waals surface area contributed by atoms with Gasteiger partial charge in [-0.15, -0.1) is 0 Å². The van der Waals surface area contributed by atoms with Crippen LogP contribution in [0.15, 0.2) is 60.7 Å². The molecule has 1 aliphatic heterocycles. The zero-order valence-electron chi connectivity index (χ0n) is 19.2. The molecule has 3 rings (SSSR count). The molecule has 34 heavy (non-hydrogen) atoms. The fourth-order valence-electron chi connectivity index (χ4n) is 4.16. The van der Waals surface area contributed by atoms with E-state index >= 15 is 0 Å². The third-order valence-electron chi connectivity index (χ3n) is 5.84. The number of hydrogen-bond acceptors (Lipinski definition) is 5. The van der Waals surface area contributed by atoms with E-state index in [4.69, 9.17) is 0 Å². The Balaban J connectivity index is 1.75. The van der Waals surface area contributed by atoms with E-state index in [1.54, 1.807) is 0 Å². The standard InChI is InChI=1S/C26H30N2O5S/c1-18(29)34-23(17-20-12-6-3-7-13-20)24(30)27-21-14-8-9-15-28(25(21)31)22(26(32)33)16-19-10-4-2-5-11-19/h2-7,10-13,21-23H,8-9,14-17H2,1H3,(H,27,30)(H,32,33). The highest BCUT2D eigenvalue weighted by Gasteiger charge is 2.37. The summed E-state index contributed by atoms with van der Waals surface area (Å²) in [6, 6.07) is 16.8. The van der Waals surface area contributed by atoms with Crippen molar-refractivity contribution in [2.45, 2.75) is 56.4 Å². The number of hydrogen-bond donors (Lipinski definition) is 2. The van der Waals surface area contributed by atoms with E-state index in [-0.39, 0.29) is 23.4 Å². The van der Waals surface area contributed by atoms with Crippen LogP contribution in [0.1, 0.15) is 37.3 Å². The predicted molar refractivity (Wildman–Crippen MR) is 131 cm³/mol. The smallest absolute Gasteiger partial charge is 0.326 e. The van der Waals surface area contributed by atoms with Crippen LogP contribution < -0.4 is 5.32 Å². The molecule has 1 saturated heterocycles. The number of likely N-dealkylation sites (tertiary alicyclic amines) is 1. The molecule has 2 amide bonds. The number of carbonyl (C=O) groups is 4. The van der Waals surface area contributed by atoms with E-state index in [9.17, 15) is 24.3 Å². The summed E-state index contributed by atoms with van der Waals surface area (Å²) >= 11 is 0.941. The first-order valence-corrected chi connectivity index (χ1v) is 12.3. The molecular formula is C26H30N2O5S. The monoisotopic (exact) mass is 482 g/mol. The molecule has 0 radical (unpaired) electrons. The highest BCUT2D eigenvalue weighted by molar-refractivity contribution is 8.14. The summed E-state index contributed by atoms with van der Waals surface area (Å²) in [7, 11) is 0. The number of nitrogens with one attached hydrogen (secondary N) is 1. The number of rotatable bonds is 9. The van der Waals surface area contributed by atoms with Crippen molar-refractivity contribution in [2.75, 3.05) is 6.54 Å². The van der Waals surface area contributed by atoms with Gasteiger partial charge < -0.3 is 15.3 Å². The second-order valence-corrected chi connectivity index (χ2v) is 9.80. The summed E-state index contributed by atoms with van der Waals surface area (Å²) in [5, 5.41) is 11.9. The molecule has 2 aromatic carbocycles. The number of nitrogens with zero attached hydrogens (tertiary/aromatic N) is 1. The fourth-order valence-corrected chi connectivity index (χ4v) is 5.01. The van der Waals surface area contributed by atoms with Gasteiger partial charge in [0.05, 0.1) is 5.25 Å². The second kappa shape index (κ2) is 12.4. The average Bonchev–Trinajstić information content (AvgIpc) is 2.99. The molecule has 1 heterocycles. The van der Waals surface area contributed by atoms with Gasteiger partial charge in [0, 0.05) is 19.9 Å². The number of carbonyl (C=O) groups excluding carboxylic acids is 3. The zero-order chi connectivity index (χ0) is 24.5. The Labute approximate surface area is 203 Å². The summed E-state index contributed by atoms with van der Waals surface area (Å²) in [6.45, 7) is 1.74. The summed E-state index contributed by atoms with van der Waals surface area (Å²) in [6.07, 6.45) is 2.33. The Morgan fingerprint density at radius 2 is 1.59 bits per heavy atom. The van der Waals surface area contributed by atoms with Crippen LogP contribution in [0.3, 0.4) is 0 Å². The lowest BCUT2D eigenvalue weighted by molar-refractivity contribution is -0.151. The third kappa shape index (κ3) is 7.18. The zero-order valence-corrected chi connectivity index (χ0v) is 20.0. The Hall–Kier alpha value is -3.13. The van der Waals surface area contributed by atoms with Gasteiger partial charge in [0.15, 0.2) is 5.12 Å². The van der Waals surface area contributed by atoms with Gasteiger partial charge in [-0.2, -0.15) is 0 Å². The van der Waals surface area contributed by atoms with E-state index in [0.717, 1.165) is 22.9 Å². The molecular weight excluding hydrogens is 452 g/mol. The molecule has 2 aromatic rings. The number of aliphatic carboxylic acids is 1. The summed E-state index contributed by atoms with van der Waals surface area (Å²) in [5.74, 6) is -1.85. The molecule has 0 bridgehead atoms. The Morgan fingerprint density at radius 3 is 2.15 bits per heavy atom. The molecule has 180 valence electrons. The van der Waals surface area contributed by atoms with Gasteiger partial charge in [0.25, 0.3) is 0 Å². The van der Waals surface area contributed by atoms with E-state index in [0.29, 0.717) is 32.2 Å². The second-order valence-electron chi connectivity index (χ2n) is 8.42. The van der Waals surface area contributed by atoms with Gasteiger partial charge in [0.1, 0.15) is 12.1 Å². The summed E-state index contributed by atoms with van der Waals surface area (Å²) in [5.41, 5.74) is 1.74. The number of thioether (sulfide) groups is 1. The van der Waals surface area contributed by atoms with Crippen LogP contribution in [0.4, 0.5) is 0 Å². The van der Waals surface area contributed by atoms with Crippen molar-refractivity contribution in [3.8, 4) is 0 Å². The minimum atomic E-state index is -1.07. The van der Waals surface area contributed by atoms with Crippen LogP contribution in [-0.4, -0.2) is 56.8 Å². The molecule has 7 nitrogen and oxygen atoms in total. The lowest BCUT2D eigenvalue weighted by Crippen LogP contribution is -2.54. The Bertz CT molecular complexity index is 999. The van der Waals surface area contributed by atoms with Crippen LogP contribution in [0, 0.1) is 0 Å². The van der Waals surface area contributed by atoms with E-state index in [1.165, 1.54) is 11.8 Å². The van der Waals surface area contributed by atoms with Crippen molar-refractivity contribution in [1.29, 1.82) is 0 Å². The topological polar surface area (TPSA) is 104 Å². The van der Waals surface area contributed by atoms with Crippen LogP contribution in [0.25, 0.3) is 0 Å². The highest BCUT2D eigenvalue weighted by Crippen LogP contribution is 2.21. The van der Waals surface area contributed by atoms with Crippen LogP contribution in [0.5, 0.6) is 0 Å². The molecule has 1 fully saturated rings. The molecule has 3 unspecified atom stereocenters. The molecule has 2 N–H and O–H groups in total.